The van der Waals surface area contributed by atoms with Crippen LogP contribution in [0.3, 0.4) is 0 Å². The predicted molar refractivity (Wildman–Crippen MR) is 38.3 cm³/mol. The lowest BCUT2D eigenvalue weighted by Crippen LogP contribution is -2.12. The summed E-state index contributed by atoms with van der Waals surface area (Å²) >= 11 is 0. The number of carbonyl (C=O) groups excluding carboxylic acids is 1. The highest BCUT2D eigenvalue weighted by atomic mass is 32.2. The summed E-state index contributed by atoms with van der Waals surface area (Å²) in [5.74, 6) is 0.0109. The van der Waals surface area contributed by atoms with Crippen molar-refractivity contribution < 1.29 is 9.00 Å². The lowest BCUT2D eigenvalue weighted by molar-refractivity contribution is -0.113. The number of primary amides is 1. The lowest BCUT2D eigenvalue weighted by atomic mass is 10.6. The van der Waals surface area contributed by atoms with Gasteiger partial charge in [-0.2, -0.15) is 0 Å². The Morgan fingerprint density at radius 1 is 1.80 bits per heavy atom. The third-order valence-corrected chi connectivity index (χ3v) is 2.43. The van der Waals surface area contributed by atoms with Crippen LogP contribution in [0.2, 0.25) is 0 Å². The third kappa shape index (κ3) is 1.57. The van der Waals surface area contributed by atoms with Crippen molar-refractivity contribution in [2.45, 2.75) is 0 Å². The molecule has 0 bridgehead atoms. The Bertz CT molecular complexity index is 212. The second-order valence-corrected chi connectivity index (χ2v) is 3.43. The third-order valence-electron chi connectivity index (χ3n) is 1.11. The van der Waals surface area contributed by atoms with Gasteiger partial charge in [-0.3, -0.25) is 9.00 Å². The van der Waals surface area contributed by atoms with E-state index in [4.69, 9.17) is 5.73 Å². The highest BCUT2D eigenvalue weighted by Gasteiger charge is 2.14. The molecular weight excluding hydrogens is 152 g/mol. The summed E-state index contributed by atoms with van der Waals surface area (Å²) in [6.45, 7) is 0.658. The van der Waals surface area contributed by atoms with Gasteiger partial charge in [0, 0.05) is 18.4 Å². The highest BCUT2D eigenvalue weighted by Crippen LogP contribution is 2.03. The molecule has 1 unspecified atom stereocenters. The summed E-state index contributed by atoms with van der Waals surface area (Å²) in [4.78, 5) is 10.3. The summed E-state index contributed by atoms with van der Waals surface area (Å²) in [7, 11) is -1.03. The van der Waals surface area contributed by atoms with Crippen LogP contribution in [0.15, 0.2) is 11.1 Å². The van der Waals surface area contributed by atoms with Crippen molar-refractivity contribution in [3.8, 4) is 0 Å². The molecular formula is C5H8N2O2S. The van der Waals surface area contributed by atoms with Crippen molar-refractivity contribution in [2.24, 2.45) is 5.73 Å². The fourth-order valence-corrected chi connectivity index (χ4v) is 1.72. The quantitative estimate of drug-likeness (QED) is 0.466. The summed E-state index contributed by atoms with van der Waals surface area (Å²) < 4.78 is 10.9. The molecule has 5 heteroatoms. The number of nitrogens with two attached hydrogens (primary N) is 1. The van der Waals surface area contributed by atoms with Crippen LogP contribution in [-0.4, -0.2) is 22.4 Å². The summed E-state index contributed by atoms with van der Waals surface area (Å²) in [5, 5.41) is 3.25. The Morgan fingerprint density at radius 2 is 2.50 bits per heavy atom. The van der Waals surface area contributed by atoms with E-state index >= 15 is 0 Å². The molecule has 1 amide bonds. The SMILES string of the molecule is NC(=O)/C=C1\NCCS1=O. The molecule has 1 aliphatic rings. The topological polar surface area (TPSA) is 72.2 Å². The minimum absolute atomic E-state index is 0.451. The first kappa shape index (κ1) is 7.27. The van der Waals surface area contributed by atoms with Gasteiger partial charge >= 0.3 is 0 Å². The van der Waals surface area contributed by atoms with Crippen LogP contribution in [-0.2, 0) is 15.6 Å². The van der Waals surface area contributed by atoms with Gasteiger partial charge in [0.05, 0.1) is 10.8 Å². The zero-order valence-corrected chi connectivity index (χ0v) is 6.11. The van der Waals surface area contributed by atoms with Crippen molar-refractivity contribution in [1.82, 2.24) is 5.32 Å². The minimum Gasteiger partial charge on any atom is -0.377 e. The number of carbonyl (C=O) groups is 1. The van der Waals surface area contributed by atoms with Gasteiger partial charge in [-0.05, 0) is 0 Å². The second kappa shape index (κ2) is 2.83. The molecule has 0 aliphatic carbocycles. The van der Waals surface area contributed by atoms with Gasteiger partial charge in [0.15, 0.2) is 0 Å². The maximum absolute atomic E-state index is 10.9. The Morgan fingerprint density at radius 3 is 2.90 bits per heavy atom. The smallest absolute Gasteiger partial charge is 0.244 e. The maximum atomic E-state index is 10.9. The number of hydrogen-bond donors (Lipinski definition) is 2. The van der Waals surface area contributed by atoms with Crippen molar-refractivity contribution in [3.05, 3.63) is 11.1 Å². The molecule has 4 nitrogen and oxygen atoms in total. The first-order valence-corrected chi connectivity index (χ1v) is 4.15. The van der Waals surface area contributed by atoms with Gasteiger partial charge in [0.1, 0.15) is 5.03 Å². The van der Waals surface area contributed by atoms with Gasteiger partial charge in [-0.25, -0.2) is 0 Å². The van der Waals surface area contributed by atoms with E-state index < -0.39 is 16.7 Å². The molecule has 0 saturated carbocycles. The summed E-state index contributed by atoms with van der Waals surface area (Å²) in [6, 6.07) is 0. The van der Waals surface area contributed by atoms with E-state index in [1.54, 1.807) is 0 Å². The van der Waals surface area contributed by atoms with Crippen molar-refractivity contribution in [2.75, 3.05) is 12.3 Å². The molecule has 1 aliphatic heterocycles. The Hall–Kier alpha value is -0.840. The molecule has 3 N–H and O–H groups in total. The largest absolute Gasteiger partial charge is 0.377 e. The summed E-state index contributed by atoms with van der Waals surface area (Å²) in [6.07, 6.45) is 1.17. The average Bonchev–Trinajstić information content (AvgIpc) is 2.15. The zero-order chi connectivity index (χ0) is 7.56. The molecule has 0 radical (unpaired) electrons. The molecule has 10 heavy (non-hydrogen) atoms. The summed E-state index contributed by atoms with van der Waals surface area (Å²) in [5.41, 5.74) is 4.84. The number of rotatable bonds is 1. The van der Waals surface area contributed by atoms with Gasteiger partial charge in [-0.1, -0.05) is 0 Å². The van der Waals surface area contributed by atoms with Crippen molar-refractivity contribution >= 4 is 16.7 Å². The molecule has 0 spiro atoms. The van der Waals surface area contributed by atoms with E-state index in [9.17, 15) is 9.00 Å². The average molecular weight is 160 g/mol. The Balaban J connectivity index is 2.72. The number of nitrogens with one attached hydrogen (secondary N) is 1. The number of hydrogen-bond acceptors (Lipinski definition) is 3. The fraction of sp³-hybridized carbons (Fsp3) is 0.400. The maximum Gasteiger partial charge on any atom is 0.244 e. The van der Waals surface area contributed by atoms with E-state index in [1.165, 1.54) is 6.08 Å². The van der Waals surface area contributed by atoms with E-state index in [1.807, 2.05) is 0 Å². The first-order valence-electron chi connectivity index (χ1n) is 2.83. The van der Waals surface area contributed by atoms with E-state index in [0.29, 0.717) is 17.3 Å². The van der Waals surface area contributed by atoms with Gasteiger partial charge in [0.25, 0.3) is 0 Å². The van der Waals surface area contributed by atoms with Crippen molar-refractivity contribution in [1.29, 1.82) is 0 Å². The molecule has 0 aromatic rings. The fourth-order valence-electron chi connectivity index (χ4n) is 0.703. The molecule has 1 saturated heterocycles. The van der Waals surface area contributed by atoms with Gasteiger partial charge < -0.3 is 11.1 Å². The molecule has 1 atom stereocenters. The standard InChI is InChI=1S/C5H8N2O2S/c6-4(8)3-5-7-1-2-10(5)9/h3,7H,1-2H2,(H2,6,8)/b5-3+. The van der Waals surface area contributed by atoms with Crippen LogP contribution >= 0.6 is 0 Å². The molecule has 1 rings (SSSR count). The van der Waals surface area contributed by atoms with Crippen LogP contribution in [0.4, 0.5) is 0 Å². The number of amides is 1. The highest BCUT2D eigenvalue weighted by molar-refractivity contribution is 7.89. The van der Waals surface area contributed by atoms with Crippen LogP contribution in [0, 0.1) is 0 Å². The van der Waals surface area contributed by atoms with E-state index in [-0.39, 0.29) is 0 Å². The second-order valence-electron chi connectivity index (χ2n) is 1.89. The molecule has 1 heterocycles. The predicted octanol–water partition coefficient (Wildman–Crippen LogP) is -1.33. The van der Waals surface area contributed by atoms with Gasteiger partial charge in [-0.15, -0.1) is 0 Å². The molecule has 56 valence electrons. The monoisotopic (exact) mass is 160 g/mol. The van der Waals surface area contributed by atoms with Crippen LogP contribution < -0.4 is 11.1 Å². The van der Waals surface area contributed by atoms with Crippen molar-refractivity contribution in [3.63, 3.8) is 0 Å². The van der Waals surface area contributed by atoms with Crippen LogP contribution in [0.1, 0.15) is 0 Å². The van der Waals surface area contributed by atoms with E-state index in [0.717, 1.165) is 0 Å². The normalized spacial score (nSPS) is 28.4. The van der Waals surface area contributed by atoms with Crippen LogP contribution in [0.5, 0.6) is 0 Å². The molecule has 0 aromatic heterocycles. The van der Waals surface area contributed by atoms with Crippen LogP contribution in [0.25, 0.3) is 0 Å². The molecule has 1 fully saturated rings. The zero-order valence-electron chi connectivity index (χ0n) is 5.29. The Kier molecular flexibility index (Phi) is 2.06. The van der Waals surface area contributed by atoms with Gasteiger partial charge in [0.2, 0.25) is 5.91 Å². The minimum atomic E-state index is -1.03. The lowest BCUT2D eigenvalue weighted by Gasteiger charge is -1.92. The Labute approximate surface area is 60.9 Å². The molecule has 0 aromatic carbocycles. The van der Waals surface area contributed by atoms with E-state index in [2.05, 4.69) is 5.32 Å². The first-order chi connectivity index (χ1) is 4.70.